The smallest absolute Gasteiger partial charge is 0.274 e. The summed E-state index contributed by atoms with van der Waals surface area (Å²) in [7, 11) is 0. The monoisotopic (exact) mass is 281 g/mol. The molecule has 1 aliphatic heterocycles. The molecule has 2 aliphatic rings. The van der Waals surface area contributed by atoms with E-state index in [2.05, 4.69) is 10.3 Å². The summed E-state index contributed by atoms with van der Waals surface area (Å²) in [4.78, 5) is 30.0. The van der Waals surface area contributed by atoms with Gasteiger partial charge in [-0.1, -0.05) is 0 Å². The molecular formula is C12H15N3O3S. The fourth-order valence-electron chi connectivity index (χ4n) is 2.05. The zero-order valence-corrected chi connectivity index (χ0v) is 11.2. The van der Waals surface area contributed by atoms with E-state index in [4.69, 9.17) is 4.74 Å². The summed E-state index contributed by atoms with van der Waals surface area (Å²) in [6.07, 6.45) is 2.05. The van der Waals surface area contributed by atoms with Crippen LogP contribution in [0, 0.1) is 0 Å². The van der Waals surface area contributed by atoms with Crippen molar-refractivity contribution >= 4 is 23.2 Å². The molecule has 0 spiro atoms. The van der Waals surface area contributed by atoms with Gasteiger partial charge in [0.15, 0.2) is 0 Å². The van der Waals surface area contributed by atoms with Crippen molar-refractivity contribution in [2.75, 3.05) is 19.8 Å². The van der Waals surface area contributed by atoms with Crippen molar-refractivity contribution in [2.45, 2.75) is 24.9 Å². The molecule has 1 unspecified atom stereocenters. The first kappa shape index (κ1) is 12.6. The lowest BCUT2D eigenvalue weighted by atomic mass is 10.2. The number of carbonyl (C=O) groups excluding carboxylic acids is 2. The van der Waals surface area contributed by atoms with E-state index in [1.807, 2.05) is 0 Å². The number of amides is 2. The van der Waals surface area contributed by atoms with Crippen LogP contribution in [0.1, 0.15) is 23.3 Å². The number of hydrogen-bond donors (Lipinski definition) is 1. The quantitative estimate of drug-likeness (QED) is 0.863. The zero-order chi connectivity index (χ0) is 13.2. The summed E-state index contributed by atoms with van der Waals surface area (Å²) in [6.45, 7) is 1.15. The van der Waals surface area contributed by atoms with Crippen LogP contribution >= 0.6 is 11.3 Å². The highest BCUT2D eigenvalue weighted by atomic mass is 32.1. The highest BCUT2D eigenvalue weighted by molar-refractivity contribution is 7.07. The van der Waals surface area contributed by atoms with E-state index in [0.717, 1.165) is 12.8 Å². The lowest BCUT2D eigenvalue weighted by Crippen LogP contribution is -2.56. The summed E-state index contributed by atoms with van der Waals surface area (Å²) >= 11 is 1.37. The van der Waals surface area contributed by atoms with Gasteiger partial charge in [0.2, 0.25) is 5.91 Å². The Morgan fingerprint density at radius 2 is 2.32 bits per heavy atom. The number of aromatic nitrogens is 1. The molecule has 0 bridgehead atoms. The minimum absolute atomic E-state index is 0.120. The third-order valence-corrected chi connectivity index (χ3v) is 3.85. The molecule has 1 aliphatic carbocycles. The Labute approximate surface area is 114 Å². The first-order chi connectivity index (χ1) is 9.25. The summed E-state index contributed by atoms with van der Waals surface area (Å²) in [5.74, 6) is -0.314. The van der Waals surface area contributed by atoms with E-state index < -0.39 is 6.04 Å². The van der Waals surface area contributed by atoms with Crippen LogP contribution in [0.2, 0.25) is 0 Å². The van der Waals surface area contributed by atoms with Gasteiger partial charge >= 0.3 is 0 Å². The standard InChI is InChI=1S/C12H15N3O3S/c16-11(14-8-1-2-8)10-5-18-4-3-15(10)12(17)9-6-19-7-13-9/h6-8,10H,1-5H2,(H,14,16). The summed E-state index contributed by atoms with van der Waals surface area (Å²) in [5.41, 5.74) is 2.02. The molecule has 1 N–H and O–H groups in total. The predicted molar refractivity (Wildman–Crippen MR) is 68.9 cm³/mol. The molecule has 7 heteroatoms. The SMILES string of the molecule is O=C(NC1CC1)C1COCCN1C(=O)c1cscn1. The van der Waals surface area contributed by atoms with Gasteiger partial charge < -0.3 is 15.0 Å². The van der Waals surface area contributed by atoms with Crippen LogP contribution in [0.25, 0.3) is 0 Å². The minimum atomic E-state index is -0.538. The number of thiazole rings is 1. The van der Waals surface area contributed by atoms with Crippen molar-refractivity contribution in [3.8, 4) is 0 Å². The third-order valence-electron chi connectivity index (χ3n) is 3.27. The highest BCUT2D eigenvalue weighted by Crippen LogP contribution is 2.20. The van der Waals surface area contributed by atoms with E-state index in [1.165, 1.54) is 11.3 Å². The maximum Gasteiger partial charge on any atom is 0.274 e. The minimum Gasteiger partial charge on any atom is -0.377 e. The van der Waals surface area contributed by atoms with Gasteiger partial charge in [0.1, 0.15) is 11.7 Å². The molecule has 2 heterocycles. The van der Waals surface area contributed by atoms with Crippen LogP contribution < -0.4 is 5.32 Å². The van der Waals surface area contributed by atoms with Crippen LogP contribution in [-0.2, 0) is 9.53 Å². The van der Waals surface area contributed by atoms with Crippen molar-refractivity contribution in [1.29, 1.82) is 0 Å². The Morgan fingerprint density at radius 3 is 3.00 bits per heavy atom. The Morgan fingerprint density at radius 1 is 1.47 bits per heavy atom. The van der Waals surface area contributed by atoms with Crippen molar-refractivity contribution in [3.63, 3.8) is 0 Å². The van der Waals surface area contributed by atoms with Crippen LogP contribution in [-0.4, -0.2) is 53.5 Å². The van der Waals surface area contributed by atoms with Crippen molar-refractivity contribution in [2.24, 2.45) is 0 Å². The molecule has 2 amide bonds. The molecule has 0 radical (unpaired) electrons. The van der Waals surface area contributed by atoms with Gasteiger partial charge in [0.05, 0.1) is 18.7 Å². The highest BCUT2D eigenvalue weighted by Gasteiger charge is 2.36. The molecule has 3 rings (SSSR count). The second-order valence-electron chi connectivity index (χ2n) is 4.75. The number of nitrogens with zero attached hydrogens (tertiary/aromatic N) is 2. The molecule has 1 atom stereocenters. The third kappa shape index (κ3) is 2.76. The zero-order valence-electron chi connectivity index (χ0n) is 10.4. The fourth-order valence-corrected chi connectivity index (χ4v) is 2.58. The van der Waals surface area contributed by atoms with Crippen molar-refractivity contribution < 1.29 is 14.3 Å². The van der Waals surface area contributed by atoms with Gasteiger partial charge in [-0.25, -0.2) is 4.98 Å². The van der Waals surface area contributed by atoms with Crippen LogP contribution in [0.5, 0.6) is 0 Å². The average molecular weight is 281 g/mol. The lowest BCUT2D eigenvalue weighted by Gasteiger charge is -2.34. The number of morpholine rings is 1. The van der Waals surface area contributed by atoms with E-state index in [9.17, 15) is 9.59 Å². The van der Waals surface area contributed by atoms with E-state index in [1.54, 1.807) is 15.8 Å². The first-order valence-electron chi connectivity index (χ1n) is 6.33. The molecule has 1 aromatic rings. The maximum atomic E-state index is 12.3. The Balaban J connectivity index is 1.72. The van der Waals surface area contributed by atoms with Crippen LogP contribution in [0.4, 0.5) is 0 Å². The predicted octanol–water partition coefficient (Wildman–Crippen LogP) is 0.263. The van der Waals surface area contributed by atoms with Gasteiger partial charge in [0.25, 0.3) is 5.91 Å². The molecule has 1 aromatic heterocycles. The second-order valence-corrected chi connectivity index (χ2v) is 5.46. The topological polar surface area (TPSA) is 71.5 Å². The molecule has 0 aromatic carbocycles. The van der Waals surface area contributed by atoms with Gasteiger partial charge in [-0.2, -0.15) is 0 Å². The van der Waals surface area contributed by atoms with Gasteiger partial charge in [0, 0.05) is 18.0 Å². The maximum absolute atomic E-state index is 12.3. The Hall–Kier alpha value is -1.47. The normalized spacial score (nSPS) is 23.2. The summed E-state index contributed by atoms with van der Waals surface area (Å²) < 4.78 is 5.33. The van der Waals surface area contributed by atoms with E-state index >= 15 is 0 Å². The van der Waals surface area contributed by atoms with Gasteiger partial charge in [-0.3, -0.25) is 9.59 Å². The van der Waals surface area contributed by atoms with Crippen LogP contribution in [0.3, 0.4) is 0 Å². The Bertz CT molecular complexity index is 473. The number of nitrogens with one attached hydrogen (secondary N) is 1. The molecule has 2 fully saturated rings. The van der Waals surface area contributed by atoms with E-state index in [0.29, 0.717) is 18.8 Å². The van der Waals surface area contributed by atoms with Crippen LogP contribution in [0.15, 0.2) is 10.9 Å². The largest absolute Gasteiger partial charge is 0.377 e. The lowest BCUT2D eigenvalue weighted by molar-refractivity contribution is -0.130. The first-order valence-corrected chi connectivity index (χ1v) is 7.27. The second kappa shape index (κ2) is 5.26. The molecule has 6 nitrogen and oxygen atoms in total. The molecule has 1 saturated heterocycles. The van der Waals surface area contributed by atoms with Crippen molar-refractivity contribution in [3.05, 3.63) is 16.6 Å². The van der Waals surface area contributed by atoms with Crippen molar-refractivity contribution in [1.82, 2.24) is 15.2 Å². The molecule has 1 saturated carbocycles. The summed E-state index contributed by atoms with van der Waals surface area (Å²) in [6, 6.07) is -0.255. The van der Waals surface area contributed by atoms with E-state index in [-0.39, 0.29) is 24.5 Å². The number of carbonyl (C=O) groups is 2. The van der Waals surface area contributed by atoms with Gasteiger partial charge in [-0.05, 0) is 12.8 Å². The number of rotatable bonds is 3. The Kier molecular flexibility index (Phi) is 3.48. The number of hydrogen-bond acceptors (Lipinski definition) is 5. The molecule has 19 heavy (non-hydrogen) atoms. The number of ether oxygens (including phenoxy) is 1. The summed E-state index contributed by atoms with van der Waals surface area (Å²) in [5, 5.41) is 4.63. The van der Waals surface area contributed by atoms with Gasteiger partial charge in [-0.15, -0.1) is 11.3 Å². The average Bonchev–Trinajstić information content (AvgIpc) is 3.08. The molecular weight excluding hydrogens is 266 g/mol. The fraction of sp³-hybridized carbons (Fsp3) is 0.583. The molecule has 102 valence electrons.